The standard InChI is InChI=1S/C22H20FN3O/c23-18-9-7-16(8-10-18)14-22(27)25-21-12-11-19(15-24-21)26-13-3-5-17-4-1-2-6-20(17)26/h1-2,4,6-12,15H,3,5,13-14H2,(H,24,25,27). The molecule has 1 aliphatic heterocycles. The maximum absolute atomic E-state index is 12.9. The summed E-state index contributed by atoms with van der Waals surface area (Å²) in [4.78, 5) is 18.8. The topological polar surface area (TPSA) is 45.2 Å². The molecule has 0 unspecified atom stereocenters. The van der Waals surface area contributed by atoms with E-state index in [0.29, 0.717) is 5.82 Å². The van der Waals surface area contributed by atoms with Crippen molar-refractivity contribution in [3.8, 4) is 0 Å². The van der Waals surface area contributed by atoms with Crippen LogP contribution in [0.4, 0.5) is 21.6 Å². The number of pyridine rings is 1. The summed E-state index contributed by atoms with van der Waals surface area (Å²) in [5.41, 5.74) is 4.34. The number of hydrogen-bond acceptors (Lipinski definition) is 3. The fourth-order valence-electron chi connectivity index (χ4n) is 3.40. The minimum atomic E-state index is -0.310. The Hall–Kier alpha value is -3.21. The van der Waals surface area contributed by atoms with Crippen LogP contribution in [0.2, 0.25) is 0 Å². The number of fused-ring (bicyclic) bond motifs is 1. The summed E-state index contributed by atoms with van der Waals surface area (Å²) in [6.45, 7) is 0.953. The largest absolute Gasteiger partial charge is 0.340 e. The van der Waals surface area contributed by atoms with Gasteiger partial charge in [-0.3, -0.25) is 4.79 Å². The van der Waals surface area contributed by atoms with Gasteiger partial charge in [0.2, 0.25) is 5.91 Å². The third-order valence-electron chi connectivity index (χ3n) is 4.72. The molecule has 0 atom stereocenters. The molecule has 2 heterocycles. The van der Waals surface area contributed by atoms with Crippen molar-refractivity contribution in [1.29, 1.82) is 0 Å². The molecule has 0 radical (unpaired) electrons. The number of anilines is 3. The maximum Gasteiger partial charge on any atom is 0.229 e. The van der Waals surface area contributed by atoms with E-state index in [9.17, 15) is 9.18 Å². The van der Waals surface area contributed by atoms with Gasteiger partial charge in [-0.2, -0.15) is 0 Å². The van der Waals surface area contributed by atoms with Gasteiger partial charge in [0, 0.05) is 12.2 Å². The zero-order valence-corrected chi connectivity index (χ0v) is 14.9. The van der Waals surface area contributed by atoms with Crippen molar-refractivity contribution < 1.29 is 9.18 Å². The Bertz CT molecular complexity index is 939. The summed E-state index contributed by atoms with van der Waals surface area (Å²) in [7, 11) is 0. The molecule has 27 heavy (non-hydrogen) atoms. The fourth-order valence-corrected chi connectivity index (χ4v) is 3.40. The van der Waals surface area contributed by atoms with Crippen LogP contribution in [0.5, 0.6) is 0 Å². The normalized spacial score (nSPS) is 13.1. The van der Waals surface area contributed by atoms with Gasteiger partial charge in [-0.1, -0.05) is 30.3 Å². The van der Waals surface area contributed by atoms with Crippen molar-refractivity contribution in [2.45, 2.75) is 19.3 Å². The second kappa shape index (κ2) is 7.58. The van der Waals surface area contributed by atoms with Gasteiger partial charge in [-0.15, -0.1) is 0 Å². The number of nitrogens with zero attached hydrogens (tertiary/aromatic N) is 2. The lowest BCUT2D eigenvalue weighted by molar-refractivity contribution is -0.115. The number of para-hydroxylation sites is 1. The second-order valence-corrected chi connectivity index (χ2v) is 6.64. The van der Waals surface area contributed by atoms with E-state index in [2.05, 4.69) is 39.5 Å². The fraction of sp³-hybridized carbons (Fsp3) is 0.182. The van der Waals surface area contributed by atoms with Crippen LogP contribution in [0.15, 0.2) is 66.9 Å². The summed E-state index contributed by atoms with van der Waals surface area (Å²) >= 11 is 0. The molecule has 1 N–H and O–H groups in total. The number of carbonyl (C=O) groups excluding carboxylic acids is 1. The molecule has 3 aromatic rings. The summed E-state index contributed by atoms with van der Waals surface area (Å²) in [6.07, 6.45) is 4.17. The third-order valence-corrected chi connectivity index (χ3v) is 4.72. The van der Waals surface area contributed by atoms with Crippen LogP contribution in [0.3, 0.4) is 0 Å². The minimum absolute atomic E-state index is 0.176. The summed E-state index contributed by atoms with van der Waals surface area (Å²) in [6, 6.07) is 18.1. The van der Waals surface area contributed by atoms with Crippen molar-refractivity contribution in [3.63, 3.8) is 0 Å². The molecule has 0 fully saturated rings. The molecule has 1 amide bonds. The molecule has 136 valence electrons. The molecule has 0 saturated carbocycles. The van der Waals surface area contributed by atoms with Gasteiger partial charge in [-0.05, 0) is 54.3 Å². The summed E-state index contributed by atoms with van der Waals surface area (Å²) < 4.78 is 12.9. The van der Waals surface area contributed by atoms with E-state index in [1.54, 1.807) is 18.3 Å². The van der Waals surface area contributed by atoms with Crippen LogP contribution in [0, 0.1) is 5.82 Å². The molecule has 0 saturated heterocycles. The first-order chi connectivity index (χ1) is 13.2. The Labute approximate surface area is 157 Å². The van der Waals surface area contributed by atoms with Gasteiger partial charge in [0.25, 0.3) is 0 Å². The van der Waals surface area contributed by atoms with Gasteiger partial charge < -0.3 is 10.2 Å². The average molecular weight is 361 g/mol. The molecule has 1 aliphatic rings. The van der Waals surface area contributed by atoms with E-state index in [4.69, 9.17) is 0 Å². The van der Waals surface area contributed by atoms with Crippen molar-refractivity contribution in [3.05, 3.63) is 83.8 Å². The van der Waals surface area contributed by atoms with Crippen LogP contribution < -0.4 is 10.2 Å². The van der Waals surface area contributed by atoms with Gasteiger partial charge in [0.05, 0.1) is 18.3 Å². The Balaban J connectivity index is 1.44. The lowest BCUT2D eigenvalue weighted by atomic mass is 10.0. The van der Waals surface area contributed by atoms with E-state index in [1.165, 1.54) is 23.4 Å². The highest BCUT2D eigenvalue weighted by Gasteiger charge is 2.18. The third kappa shape index (κ3) is 3.97. The minimum Gasteiger partial charge on any atom is -0.340 e. The molecular formula is C22H20FN3O. The van der Waals surface area contributed by atoms with E-state index >= 15 is 0 Å². The molecule has 0 aliphatic carbocycles. The zero-order chi connectivity index (χ0) is 18.6. The van der Waals surface area contributed by atoms with E-state index in [1.807, 2.05) is 12.1 Å². The first kappa shape index (κ1) is 17.2. The molecule has 0 bridgehead atoms. The number of aromatic nitrogens is 1. The Morgan fingerprint density at radius 1 is 1.07 bits per heavy atom. The first-order valence-electron chi connectivity index (χ1n) is 9.05. The van der Waals surface area contributed by atoms with Crippen LogP contribution in [0.1, 0.15) is 17.5 Å². The summed E-state index contributed by atoms with van der Waals surface area (Å²) in [5, 5.41) is 2.79. The molecule has 2 aromatic carbocycles. The number of halogens is 1. The smallest absolute Gasteiger partial charge is 0.229 e. The van der Waals surface area contributed by atoms with Gasteiger partial charge in [0.1, 0.15) is 11.6 Å². The highest BCUT2D eigenvalue weighted by atomic mass is 19.1. The molecule has 4 nitrogen and oxygen atoms in total. The Morgan fingerprint density at radius 2 is 1.89 bits per heavy atom. The van der Waals surface area contributed by atoms with Crippen molar-refractivity contribution in [2.24, 2.45) is 0 Å². The number of carbonyl (C=O) groups is 1. The van der Waals surface area contributed by atoms with Crippen molar-refractivity contribution in [1.82, 2.24) is 4.98 Å². The van der Waals surface area contributed by atoms with E-state index < -0.39 is 0 Å². The van der Waals surface area contributed by atoms with Gasteiger partial charge in [-0.25, -0.2) is 9.37 Å². The SMILES string of the molecule is O=C(Cc1ccc(F)cc1)Nc1ccc(N2CCCc3ccccc32)cn1. The maximum atomic E-state index is 12.9. The van der Waals surface area contributed by atoms with Gasteiger partial charge >= 0.3 is 0 Å². The molecular weight excluding hydrogens is 341 g/mol. The van der Waals surface area contributed by atoms with Gasteiger partial charge in [0.15, 0.2) is 0 Å². The predicted octanol–water partition coefficient (Wildman–Crippen LogP) is 4.49. The zero-order valence-electron chi connectivity index (χ0n) is 14.9. The Kier molecular flexibility index (Phi) is 4.83. The van der Waals surface area contributed by atoms with Crippen LogP contribution in [0.25, 0.3) is 0 Å². The number of rotatable bonds is 4. The average Bonchev–Trinajstić information content (AvgIpc) is 2.70. The van der Waals surface area contributed by atoms with Crippen LogP contribution >= 0.6 is 0 Å². The van der Waals surface area contributed by atoms with E-state index in [0.717, 1.165) is 30.6 Å². The predicted molar refractivity (Wildman–Crippen MR) is 105 cm³/mol. The summed E-state index contributed by atoms with van der Waals surface area (Å²) in [5.74, 6) is 0.0250. The number of benzene rings is 2. The molecule has 5 heteroatoms. The van der Waals surface area contributed by atoms with E-state index in [-0.39, 0.29) is 18.1 Å². The number of nitrogens with one attached hydrogen (secondary N) is 1. The van der Waals surface area contributed by atoms with Crippen LogP contribution in [-0.2, 0) is 17.6 Å². The number of aryl methyl sites for hydroxylation is 1. The molecule has 1 aromatic heterocycles. The number of hydrogen-bond donors (Lipinski definition) is 1. The highest BCUT2D eigenvalue weighted by Crippen LogP contribution is 2.33. The highest BCUT2D eigenvalue weighted by molar-refractivity contribution is 5.91. The number of amides is 1. The Morgan fingerprint density at radius 3 is 2.67 bits per heavy atom. The van der Waals surface area contributed by atoms with Crippen molar-refractivity contribution >= 4 is 23.1 Å². The lowest BCUT2D eigenvalue weighted by Crippen LogP contribution is -2.24. The first-order valence-corrected chi connectivity index (χ1v) is 9.05. The second-order valence-electron chi connectivity index (χ2n) is 6.64. The quantitative estimate of drug-likeness (QED) is 0.745. The van der Waals surface area contributed by atoms with Crippen LogP contribution in [-0.4, -0.2) is 17.4 Å². The monoisotopic (exact) mass is 361 g/mol. The lowest BCUT2D eigenvalue weighted by Gasteiger charge is -2.31. The molecule has 0 spiro atoms. The van der Waals surface area contributed by atoms with Crippen molar-refractivity contribution in [2.75, 3.05) is 16.8 Å². The molecule has 4 rings (SSSR count).